The summed E-state index contributed by atoms with van der Waals surface area (Å²) in [6.07, 6.45) is 0.904. The summed E-state index contributed by atoms with van der Waals surface area (Å²) in [5.74, 6) is -0.681. The highest BCUT2D eigenvalue weighted by atomic mass is 35.5. The molecular formula is C23H27Cl2N3O4. The number of rotatable bonds is 10. The number of nitro groups is 1. The van der Waals surface area contributed by atoms with Gasteiger partial charge in [-0.2, -0.15) is 0 Å². The maximum atomic E-state index is 13.4. The molecule has 1 N–H and O–H groups in total. The molecule has 9 heteroatoms. The summed E-state index contributed by atoms with van der Waals surface area (Å²) in [5, 5.41) is 15.1. The number of nitrogens with one attached hydrogen (secondary N) is 1. The van der Waals surface area contributed by atoms with Crippen molar-refractivity contribution in [3.8, 4) is 0 Å². The van der Waals surface area contributed by atoms with Gasteiger partial charge in [0.25, 0.3) is 5.69 Å². The zero-order chi connectivity index (χ0) is 23.8. The van der Waals surface area contributed by atoms with Gasteiger partial charge < -0.3 is 10.2 Å². The molecule has 0 saturated carbocycles. The van der Waals surface area contributed by atoms with E-state index in [1.165, 1.54) is 11.0 Å². The Morgan fingerprint density at radius 3 is 2.38 bits per heavy atom. The third kappa shape index (κ3) is 6.68. The van der Waals surface area contributed by atoms with Crippen molar-refractivity contribution in [2.75, 3.05) is 0 Å². The Balaban J connectivity index is 2.41. The lowest BCUT2D eigenvalue weighted by Crippen LogP contribution is -2.51. The maximum Gasteiger partial charge on any atom is 0.273 e. The number of para-hydroxylation sites is 1. The van der Waals surface area contributed by atoms with Crippen molar-refractivity contribution in [2.45, 2.75) is 58.7 Å². The number of nitrogens with zero attached hydrogens (tertiary/aromatic N) is 2. The topological polar surface area (TPSA) is 92.6 Å². The molecule has 0 heterocycles. The number of halogens is 2. The summed E-state index contributed by atoms with van der Waals surface area (Å²) in [6, 6.07) is 10.2. The minimum absolute atomic E-state index is 0.0529. The van der Waals surface area contributed by atoms with Crippen LogP contribution in [0.3, 0.4) is 0 Å². The van der Waals surface area contributed by atoms with Gasteiger partial charge in [-0.15, -0.1) is 0 Å². The predicted molar refractivity (Wildman–Crippen MR) is 126 cm³/mol. The van der Waals surface area contributed by atoms with Gasteiger partial charge >= 0.3 is 0 Å². The van der Waals surface area contributed by atoms with E-state index in [9.17, 15) is 19.7 Å². The van der Waals surface area contributed by atoms with Crippen LogP contribution in [0, 0.1) is 10.1 Å². The van der Waals surface area contributed by atoms with Crippen LogP contribution in [0.2, 0.25) is 10.0 Å². The minimum Gasteiger partial charge on any atom is -0.352 e. The first-order valence-electron chi connectivity index (χ1n) is 10.4. The summed E-state index contributed by atoms with van der Waals surface area (Å²) in [4.78, 5) is 38.7. The largest absolute Gasteiger partial charge is 0.352 e. The Morgan fingerprint density at radius 1 is 1.09 bits per heavy atom. The SMILES string of the molecule is CCC(C)NC(=O)C(CC)N(Cc1ccc(Cl)cc1Cl)C(=O)Cc1ccccc1[N+](=O)[O-]. The molecule has 0 fully saturated rings. The van der Waals surface area contributed by atoms with Gasteiger partial charge in [-0.3, -0.25) is 19.7 Å². The van der Waals surface area contributed by atoms with Crippen LogP contribution in [0.25, 0.3) is 0 Å². The summed E-state index contributed by atoms with van der Waals surface area (Å²) >= 11 is 12.3. The average Bonchev–Trinajstić information content (AvgIpc) is 2.75. The zero-order valence-electron chi connectivity index (χ0n) is 18.3. The molecule has 2 aromatic carbocycles. The molecule has 0 saturated heterocycles. The number of carbonyl (C=O) groups is 2. The van der Waals surface area contributed by atoms with E-state index in [0.717, 1.165) is 6.42 Å². The van der Waals surface area contributed by atoms with Gasteiger partial charge in [0.05, 0.1) is 11.3 Å². The fourth-order valence-electron chi connectivity index (χ4n) is 3.30. The number of hydrogen-bond donors (Lipinski definition) is 1. The lowest BCUT2D eigenvalue weighted by atomic mass is 10.0. The third-order valence-corrected chi connectivity index (χ3v) is 5.86. The average molecular weight is 480 g/mol. The van der Waals surface area contributed by atoms with Crippen LogP contribution in [0.1, 0.15) is 44.7 Å². The summed E-state index contributed by atoms with van der Waals surface area (Å²) in [5.41, 5.74) is 0.774. The molecule has 0 aromatic heterocycles. The second-order valence-corrected chi connectivity index (χ2v) is 8.41. The van der Waals surface area contributed by atoms with E-state index >= 15 is 0 Å². The van der Waals surface area contributed by atoms with Crippen molar-refractivity contribution in [2.24, 2.45) is 0 Å². The lowest BCUT2D eigenvalue weighted by Gasteiger charge is -2.31. The van der Waals surface area contributed by atoms with E-state index in [1.54, 1.807) is 36.4 Å². The fourth-order valence-corrected chi connectivity index (χ4v) is 3.77. The number of amides is 2. The van der Waals surface area contributed by atoms with Gasteiger partial charge in [0.1, 0.15) is 6.04 Å². The first-order valence-corrected chi connectivity index (χ1v) is 11.2. The van der Waals surface area contributed by atoms with Crippen LogP contribution >= 0.6 is 23.2 Å². The van der Waals surface area contributed by atoms with E-state index in [1.807, 2.05) is 20.8 Å². The highest BCUT2D eigenvalue weighted by Gasteiger charge is 2.30. The van der Waals surface area contributed by atoms with Crippen LogP contribution in [0.4, 0.5) is 5.69 Å². The molecule has 0 aliphatic rings. The van der Waals surface area contributed by atoms with Gasteiger partial charge in [0.15, 0.2) is 0 Å². The van der Waals surface area contributed by atoms with Gasteiger partial charge in [-0.1, -0.05) is 61.3 Å². The molecule has 0 aliphatic heterocycles. The summed E-state index contributed by atoms with van der Waals surface area (Å²) < 4.78 is 0. The highest BCUT2D eigenvalue weighted by Crippen LogP contribution is 2.25. The number of hydrogen-bond acceptors (Lipinski definition) is 4. The fraction of sp³-hybridized carbons (Fsp3) is 0.391. The molecular weight excluding hydrogens is 453 g/mol. The third-order valence-electron chi connectivity index (χ3n) is 5.27. The minimum atomic E-state index is -0.758. The lowest BCUT2D eigenvalue weighted by molar-refractivity contribution is -0.385. The predicted octanol–water partition coefficient (Wildman–Crippen LogP) is 5.17. The maximum absolute atomic E-state index is 13.4. The number of benzene rings is 2. The second kappa shape index (κ2) is 11.8. The molecule has 172 valence electrons. The molecule has 2 amide bonds. The Kier molecular flexibility index (Phi) is 9.47. The van der Waals surface area contributed by atoms with Crippen LogP contribution in [0.15, 0.2) is 42.5 Å². The molecule has 0 bridgehead atoms. The van der Waals surface area contributed by atoms with E-state index in [4.69, 9.17) is 23.2 Å². The van der Waals surface area contributed by atoms with Gasteiger partial charge in [-0.25, -0.2) is 0 Å². The first kappa shape index (κ1) is 25.6. The summed E-state index contributed by atoms with van der Waals surface area (Å²) in [7, 11) is 0. The monoisotopic (exact) mass is 479 g/mol. The van der Waals surface area contributed by atoms with Crippen LogP contribution in [0.5, 0.6) is 0 Å². The molecule has 2 unspecified atom stereocenters. The Morgan fingerprint density at radius 2 is 1.78 bits per heavy atom. The van der Waals surface area contributed by atoms with Crippen molar-refractivity contribution < 1.29 is 14.5 Å². The second-order valence-electron chi connectivity index (χ2n) is 7.56. The van der Waals surface area contributed by atoms with E-state index in [-0.39, 0.29) is 36.2 Å². The molecule has 0 radical (unpaired) electrons. The standard InChI is InChI=1S/C23H27Cl2N3O4/c1-4-15(3)26-23(30)20(5-2)27(14-17-10-11-18(24)13-19(17)25)22(29)12-16-8-6-7-9-21(16)28(31)32/h6-11,13,15,20H,4-5,12,14H2,1-3H3,(H,26,30). The van der Waals surface area contributed by atoms with Gasteiger partial charge in [0.2, 0.25) is 11.8 Å². The van der Waals surface area contributed by atoms with Crippen molar-refractivity contribution in [1.82, 2.24) is 10.2 Å². The smallest absolute Gasteiger partial charge is 0.273 e. The van der Waals surface area contributed by atoms with Gasteiger partial charge in [0, 0.05) is 34.3 Å². The molecule has 7 nitrogen and oxygen atoms in total. The van der Waals surface area contributed by atoms with E-state index in [0.29, 0.717) is 22.0 Å². The molecule has 2 atom stereocenters. The molecule has 2 aromatic rings. The van der Waals surface area contributed by atoms with Crippen LogP contribution in [-0.4, -0.2) is 33.7 Å². The van der Waals surface area contributed by atoms with Crippen molar-refractivity contribution in [3.63, 3.8) is 0 Å². The Labute approximate surface area is 197 Å². The number of nitro benzene ring substituents is 1. The quantitative estimate of drug-likeness (QED) is 0.375. The van der Waals surface area contributed by atoms with Crippen LogP contribution in [-0.2, 0) is 22.6 Å². The van der Waals surface area contributed by atoms with E-state index in [2.05, 4.69) is 5.32 Å². The molecule has 0 aliphatic carbocycles. The Bertz CT molecular complexity index is 983. The van der Waals surface area contributed by atoms with Crippen molar-refractivity contribution in [3.05, 3.63) is 73.8 Å². The van der Waals surface area contributed by atoms with Crippen LogP contribution < -0.4 is 5.32 Å². The normalized spacial score (nSPS) is 12.7. The molecule has 32 heavy (non-hydrogen) atoms. The zero-order valence-corrected chi connectivity index (χ0v) is 19.8. The molecule has 0 spiro atoms. The van der Waals surface area contributed by atoms with Gasteiger partial charge in [-0.05, 0) is 37.5 Å². The highest BCUT2D eigenvalue weighted by molar-refractivity contribution is 6.35. The van der Waals surface area contributed by atoms with Crippen molar-refractivity contribution >= 4 is 40.7 Å². The van der Waals surface area contributed by atoms with Crippen molar-refractivity contribution in [1.29, 1.82) is 0 Å². The first-order chi connectivity index (χ1) is 15.2. The summed E-state index contributed by atoms with van der Waals surface area (Å²) in [6.45, 7) is 5.73. The number of carbonyl (C=O) groups excluding carboxylic acids is 2. The Hall–Kier alpha value is -2.64. The molecule has 2 rings (SSSR count). The van der Waals surface area contributed by atoms with E-state index < -0.39 is 16.9 Å².